The molecule has 31 heavy (non-hydrogen) atoms. The van der Waals surface area contributed by atoms with Crippen LogP contribution < -0.4 is 27.4 Å². The average molecular weight is 447 g/mol. The molecule has 176 valence electrons. The highest BCUT2D eigenvalue weighted by atomic mass is 16.4. The zero-order chi connectivity index (χ0) is 24.3. The van der Waals surface area contributed by atoms with E-state index in [-0.39, 0.29) is 0 Å². The van der Waals surface area contributed by atoms with Crippen molar-refractivity contribution in [2.75, 3.05) is 6.61 Å². The summed E-state index contributed by atoms with van der Waals surface area (Å²) in [5, 5.41) is 33.7. The Morgan fingerprint density at radius 2 is 1.42 bits per heavy atom. The van der Waals surface area contributed by atoms with Crippen LogP contribution in [0.4, 0.5) is 0 Å². The van der Waals surface area contributed by atoms with Crippen molar-refractivity contribution in [2.45, 2.75) is 57.3 Å². The minimum Gasteiger partial charge on any atom is -0.481 e. The van der Waals surface area contributed by atoms with Gasteiger partial charge in [-0.25, -0.2) is 4.79 Å². The van der Waals surface area contributed by atoms with E-state index in [0.717, 1.165) is 0 Å². The maximum atomic E-state index is 12.6. The second kappa shape index (κ2) is 13.1. The number of carbonyl (C=O) groups excluding carboxylic acids is 4. The van der Waals surface area contributed by atoms with Crippen molar-refractivity contribution in [3.63, 3.8) is 0 Å². The van der Waals surface area contributed by atoms with Crippen molar-refractivity contribution in [3.05, 3.63) is 0 Å². The quantitative estimate of drug-likeness (QED) is 0.129. The highest BCUT2D eigenvalue weighted by Crippen LogP contribution is 2.09. The van der Waals surface area contributed by atoms with Gasteiger partial charge in [0.25, 0.3) is 0 Å². The largest absolute Gasteiger partial charge is 0.481 e. The zero-order valence-corrected chi connectivity index (χ0v) is 17.2. The van der Waals surface area contributed by atoms with Gasteiger partial charge in [0.2, 0.25) is 23.6 Å². The normalized spacial score (nSPS) is 15.5. The number of hydrogen-bond donors (Lipinski definition) is 8. The lowest BCUT2D eigenvalue weighted by atomic mass is 9.97. The first-order valence-electron chi connectivity index (χ1n) is 9.34. The molecule has 14 nitrogen and oxygen atoms in total. The summed E-state index contributed by atoms with van der Waals surface area (Å²) in [5.41, 5.74) is 10.4. The van der Waals surface area contributed by atoms with Crippen molar-refractivity contribution in [2.24, 2.45) is 17.4 Å². The molecule has 0 spiro atoms. The van der Waals surface area contributed by atoms with Crippen LogP contribution in [-0.4, -0.2) is 81.7 Å². The third-order valence-electron chi connectivity index (χ3n) is 4.36. The van der Waals surface area contributed by atoms with E-state index in [2.05, 4.69) is 10.6 Å². The molecular weight excluding hydrogens is 418 g/mol. The molecule has 0 saturated carbocycles. The number of carboxylic acid groups (broad SMARTS) is 2. The van der Waals surface area contributed by atoms with Crippen LogP contribution in [-0.2, 0) is 28.8 Å². The lowest BCUT2D eigenvalue weighted by Gasteiger charge is -2.27. The molecular formula is C17H29N5O9. The van der Waals surface area contributed by atoms with E-state index < -0.39 is 85.1 Å². The van der Waals surface area contributed by atoms with Crippen LogP contribution in [0.3, 0.4) is 0 Å². The Morgan fingerprint density at radius 1 is 0.871 bits per heavy atom. The maximum absolute atomic E-state index is 12.6. The van der Waals surface area contributed by atoms with Crippen molar-refractivity contribution >= 4 is 35.6 Å². The van der Waals surface area contributed by atoms with Gasteiger partial charge in [-0.15, -0.1) is 0 Å². The number of carbonyl (C=O) groups is 6. The van der Waals surface area contributed by atoms with Crippen molar-refractivity contribution in [3.8, 4) is 0 Å². The maximum Gasteiger partial charge on any atom is 0.326 e. The molecule has 0 aromatic heterocycles. The van der Waals surface area contributed by atoms with E-state index in [0.29, 0.717) is 6.42 Å². The SMILES string of the molecule is CCC(C)C(NC(=O)C(N)CC(=O)O)C(=O)NC(CO)C(=O)NC(CC(N)=O)C(=O)O. The van der Waals surface area contributed by atoms with Crippen LogP contribution >= 0.6 is 0 Å². The molecule has 0 radical (unpaired) electrons. The summed E-state index contributed by atoms with van der Waals surface area (Å²) in [6, 6.07) is -5.91. The van der Waals surface area contributed by atoms with Gasteiger partial charge in [-0.05, 0) is 5.92 Å². The minimum absolute atomic E-state index is 0.405. The first-order valence-corrected chi connectivity index (χ1v) is 9.34. The third-order valence-corrected chi connectivity index (χ3v) is 4.36. The number of nitrogens with one attached hydrogen (secondary N) is 3. The Hall–Kier alpha value is -3.26. The second-order valence-electron chi connectivity index (χ2n) is 6.89. The van der Waals surface area contributed by atoms with Gasteiger partial charge in [0.1, 0.15) is 18.1 Å². The van der Waals surface area contributed by atoms with Crippen LogP contribution in [0.5, 0.6) is 0 Å². The first-order chi connectivity index (χ1) is 14.3. The van der Waals surface area contributed by atoms with Crippen LogP contribution in [0.2, 0.25) is 0 Å². The Balaban J connectivity index is 5.32. The molecule has 14 heteroatoms. The van der Waals surface area contributed by atoms with E-state index in [1.54, 1.807) is 13.8 Å². The van der Waals surface area contributed by atoms with Gasteiger partial charge in [0.05, 0.1) is 25.5 Å². The van der Waals surface area contributed by atoms with Crippen molar-refractivity contribution < 1.29 is 44.1 Å². The average Bonchev–Trinajstić information content (AvgIpc) is 2.67. The molecule has 0 aliphatic carbocycles. The van der Waals surface area contributed by atoms with Crippen molar-refractivity contribution in [1.29, 1.82) is 0 Å². The molecule has 0 aromatic rings. The lowest BCUT2D eigenvalue weighted by molar-refractivity contribution is -0.144. The molecule has 0 aliphatic rings. The second-order valence-corrected chi connectivity index (χ2v) is 6.89. The van der Waals surface area contributed by atoms with Crippen molar-refractivity contribution in [1.82, 2.24) is 16.0 Å². The number of aliphatic hydroxyl groups is 1. The monoisotopic (exact) mass is 447 g/mol. The number of hydrogen-bond acceptors (Lipinski definition) is 8. The highest BCUT2D eigenvalue weighted by Gasteiger charge is 2.32. The van der Waals surface area contributed by atoms with Gasteiger partial charge in [0, 0.05) is 0 Å². The number of carboxylic acids is 2. The standard InChI is InChI=1S/C17H29N5O9/c1-3-7(2)13(22-14(27)8(18)4-12(25)26)16(29)21-10(6-23)15(28)20-9(17(30)31)5-11(19)24/h7-10,13,23H,3-6,18H2,1-2H3,(H2,19,24)(H,20,28)(H,21,29)(H,22,27)(H,25,26)(H,30,31). The molecule has 0 saturated heterocycles. The lowest BCUT2D eigenvalue weighted by Crippen LogP contribution is -2.59. The number of primary amides is 1. The van der Waals surface area contributed by atoms with Crippen LogP contribution in [0.25, 0.3) is 0 Å². The molecule has 0 aliphatic heterocycles. The van der Waals surface area contributed by atoms with Crippen LogP contribution in [0.15, 0.2) is 0 Å². The van der Waals surface area contributed by atoms with E-state index in [9.17, 15) is 33.9 Å². The summed E-state index contributed by atoms with van der Waals surface area (Å²) in [5.74, 6) is -7.21. The number of nitrogens with two attached hydrogens (primary N) is 2. The molecule has 0 bridgehead atoms. The number of aliphatic carboxylic acids is 2. The van der Waals surface area contributed by atoms with Crippen LogP contribution in [0, 0.1) is 5.92 Å². The Kier molecular flexibility index (Phi) is 11.7. The van der Waals surface area contributed by atoms with Gasteiger partial charge in [0.15, 0.2) is 0 Å². The number of aliphatic hydroxyl groups excluding tert-OH is 1. The predicted molar refractivity (Wildman–Crippen MR) is 104 cm³/mol. The van der Waals surface area contributed by atoms with Crippen LogP contribution in [0.1, 0.15) is 33.1 Å². The molecule has 5 unspecified atom stereocenters. The summed E-state index contributed by atoms with van der Waals surface area (Å²) in [6.45, 7) is 2.40. The molecule has 0 heterocycles. The predicted octanol–water partition coefficient (Wildman–Crippen LogP) is -3.76. The first kappa shape index (κ1) is 27.7. The number of rotatable bonds is 14. The fraction of sp³-hybridized carbons (Fsp3) is 0.647. The van der Waals surface area contributed by atoms with Gasteiger partial charge >= 0.3 is 11.9 Å². The third kappa shape index (κ3) is 9.86. The summed E-state index contributed by atoms with van der Waals surface area (Å²) in [7, 11) is 0. The van der Waals surface area contributed by atoms with E-state index >= 15 is 0 Å². The Morgan fingerprint density at radius 3 is 1.84 bits per heavy atom. The Bertz CT molecular complexity index is 699. The van der Waals surface area contributed by atoms with Gasteiger partial charge < -0.3 is 42.7 Å². The zero-order valence-electron chi connectivity index (χ0n) is 17.2. The fourth-order valence-corrected chi connectivity index (χ4v) is 2.37. The topological polar surface area (TPSA) is 251 Å². The van der Waals surface area contributed by atoms with Gasteiger partial charge in [-0.3, -0.25) is 24.0 Å². The molecule has 4 amide bonds. The van der Waals surface area contributed by atoms with Gasteiger partial charge in [-0.2, -0.15) is 0 Å². The van der Waals surface area contributed by atoms with Gasteiger partial charge in [-0.1, -0.05) is 20.3 Å². The van der Waals surface area contributed by atoms with E-state index in [1.165, 1.54) is 0 Å². The molecule has 5 atom stereocenters. The fourth-order valence-electron chi connectivity index (χ4n) is 2.37. The molecule has 0 fully saturated rings. The summed E-state index contributed by atoms with van der Waals surface area (Å²) in [6.07, 6.45) is -0.971. The summed E-state index contributed by atoms with van der Waals surface area (Å²) in [4.78, 5) is 69.8. The summed E-state index contributed by atoms with van der Waals surface area (Å²) >= 11 is 0. The highest BCUT2D eigenvalue weighted by molar-refractivity contribution is 5.95. The molecule has 0 rings (SSSR count). The smallest absolute Gasteiger partial charge is 0.326 e. The van der Waals surface area contributed by atoms with E-state index in [1.807, 2.05) is 5.32 Å². The Labute approximate surface area is 177 Å². The summed E-state index contributed by atoms with van der Waals surface area (Å²) < 4.78 is 0. The molecule has 0 aromatic carbocycles. The number of amides is 4. The molecule has 10 N–H and O–H groups in total. The minimum atomic E-state index is -1.67. The van der Waals surface area contributed by atoms with E-state index in [4.69, 9.17) is 21.7 Å².